The van der Waals surface area contributed by atoms with Crippen LogP contribution in [0.25, 0.3) is 0 Å². The zero-order valence-electron chi connectivity index (χ0n) is 13.6. The highest BCUT2D eigenvalue weighted by atomic mass is 32.2. The van der Waals surface area contributed by atoms with Crippen molar-refractivity contribution in [2.24, 2.45) is 0 Å². The van der Waals surface area contributed by atoms with Crippen LogP contribution in [-0.2, 0) is 21.4 Å². The van der Waals surface area contributed by atoms with Gasteiger partial charge < -0.3 is 14.4 Å². The highest BCUT2D eigenvalue weighted by molar-refractivity contribution is 7.89. The van der Waals surface area contributed by atoms with Crippen LogP contribution in [0.4, 0.5) is 0 Å². The van der Waals surface area contributed by atoms with Gasteiger partial charge >= 0.3 is 0 Å². The molecule has 132 valence electrons. The van der Waals surface area contributed by atoms with Crippen molar-refractivity contribution in [3.05, 3.63) is 54.1 Å². The summed E-state index contributed by atoms with van der Waals surface area (Å²) in [4.78, 5) is 13.7. The summed E-state index contributed by atoms with van der Waals surface area (Å²) in [6.07, 6.45) is 0. The molecule has 25 heavy (non-hydrogen) atoms. The number of hydrogen-bond acceptors (Lipinski definition) is 5. The molecule has 3 rings (SSSR count). The SMILES string of the molecule is CN(Cc1ccccc1)C(=O)CNS(=O)(=O)c1ccc2c(c1)OCO2. The molecule has 1 N–H and O–H groups in total. The summed E-state index contributed by atoms with van der Waals surface area (Å²) in [6.45, 7) is 0.153. The maximum Gasteiger partial charge on any atom is 0.241 e. The Morgan fingerprint density at radius 2 is 1.84 bits per heavy atom. The Morgan fingerprint density at radius 1 is 1.12 bits per heavy atom. The normalized spacial score (nSPS) is 12.8. The van der Waals surface area contributed by atoms with Crippen LogP contribution in [0.1, 0.15) is 5.56 Å². The third-order valence-electron chi connectivity index (χ3n) is 3.76. The van der Waals surface area contributed by atoms with Crippen molar-refractivity contribution in [3.8, 4) is 11.5 Å². The predicted molar refractivity (Wildman–Crippen MR) is 90.7 cm³/mol. The van der Waals surface area contributed by atoms with Gasteiger partial charge in [-0.1, -0.05) is 30.3 Å². The molecule has 7 nitrogen and oxygen atoms in total. The summed E-state index contributed by atoms with van der Waals surface area (Å²) >= 11 is 0. The van der Waals surface area contributed by atoms with Gasteiger partial charge in [-0.3, -0.25) is 4.79 Å². The van der Waals surface area contributed by atoms with Crippen LogP contribution in [-0.4, -0.2) is 39.6 Å². The summed E-state index contributed by atoms with van der Waals surface area (Å²) in [6, 6.07) is 13.8. The predicted octanol–water partition coefficient (Wildman–Crippen LogP) is 1.35. The minimum Gasteiger partial charge on any atom is -0.454 e. The Labute approximate surface area is 146 Å². The van der Waals surface area contributed by atoms with E-state index in [1.165, 1.54) is 23.1 Å². The number of benzene rings is 2. The molecular formula is C17H18N2O5S. The molecule has 0 aliphatic carbocycles. The fourth-order valence-corrected chi connectivity index (χ4v) is 3.35. The number of nitrogens with zero attached hydrogens (tertiary/aromatic N) is 1. The molecule has 1 aliphatic rings. The van der Waals surface area contributed by atoms with Gasteiger partial charge in [0, 0.05) is 19.7 Å². The molecule has 0 bridgehead atoms. The number of carbonyl (C=O) groups is 1. The summed E-state index contributed by atoms with van der Waals surface area (Å²) in [5.41, 5.74) is 0.969. The van der Waals surface area contributed by atoms with E-state index < -0.39 is 10.0 Å². The molecule has 1 heterocycles. The molecule has 1 aliphatic heterocycles. The van der Waals surface area contributed by atoms with E-state index in [-0.39, 0.29) is 24.1 Å². The first kappa shape index (κ1) is 17.2. The van der Waals surface area contributed by atoms with Gasteiger partial charge in [0.2, 0.25) is 22.7 Å². The lowest BCUT2D eigenvalue weighted by Gasteiger charge is -2.17. The van der Waals surface area contributed by atoms with Crippen molar-refractivity contribution in [1.82, 2.24) is 9.62 Å². The quantitative estimate of drug-likeness (QED) is 0.839. The summed E-state index contributed by atoms with van der Waals surface area (Å²) < 4.78 is 37.3. The topological polar surface area (TPSA) is 84.9 Å². The molecule has 0 fully saturated rings. The molecule has 0 spiro atoms. The number of fused-ring (bicyclic) bond motifs is 1. The lowest BCUT2D eigenvalue weighted by atomic mass is 10.2. The first-order valence-electron chi connectivity index (χ1n) is 7.63. The van der Waals surface area contributed by atoms with Gasteiger partial charge in [-0.2, -0.15) is 0 Å². The minimum atomic E-state index is -3.82. The largest absolute Gasteiger partial charge is 0.454 e. The zero-order valence-corrected chi connectivity index (χ0v) is 14.5. The standard InChI is InChI=1S/C17H18N2O5S/c1-19(11-13-5-3-2-4-6-13)17(20)10-18-25(21,22)14-7-8-15-16(9-14)24-12-23-15/h2-9,18H,10-12H2,1H3. The van der Waals surface area contributed by atoms with E-state index in [4.69, 9.17) is 9.47 Å². The smallest absolute Gasteiger partial charge is 0.241 e. The van der Waals surface area contributed by atoms with E-state index in [2.05, 4.69) is 4.72 Å². The van der Waals surface area contributed by atoms with Gasteiger partial charge in [0.15, 0.2) is 11.5 Å². The molecule has 0 atom stereocenters. The fraction of sp³-hybridized carbons (Fsp3) is 0.235. The second-order valence-electron chi connectivity index (χ2n) is 5.58. The van der Waals surface area contributed by atoms with Gasteiger partial charge in [0.1, 0.15) is 0 Å². The van der Waals surface area contributed by atoms with Crippen LogP contribution >= 0.6 is 0 Å². The number of ether oxygens (including phenoxy) is 2. The highest BCUT2D eigenvalue weighted by Gasteiger charge is 2.21. The summed E-state index contributed by atoms with van der Waals surface area (Å²) in [7, 11) is -2.19. The van der Waals surface area contributed by atoms with Crippen LogP contribution < -0.4 is 14.2 Å². The molecule has 0 radical (unpaired) electrons. The van der Waals surface area contributed by atoms with Crippen molar-refractivity contribution >= 4 is 15.9 Å². The van der Waals surface area contributed by atoms with Crippen LogP contribution in [0, 0.1) is 0 Å². The second-order valence-corrected chi connectivity index (χ2v) is 7.34. The molecule has 0 saturated carbocycles. The summed E-state index contributed by atoms with van der Waals surface area (Å²) in [5.74, 6) is 0.543. The van der Waals surface area contributed by atoms with Crippen molar-refractivity contribution in [3.63, 3.8) is 0 Å². The van der Waals surface area contributed by atoms with Crippen LogP contribution in [0.5, 0.6) is 11.5 Å². The van der Waals surface area contributed by atoms with Crippen LogP contribution in [0.3, 0.4) is 0 Å². The molecule has 0 unspecified atom stereocenters. The van der Waals surface area contributed by atoms with E-state index in [0.717, 1.165) is 5.56 Å². The number of likely N-dealkylation sites (N-methyl/N-ethyl adjacent to an activating group) is 1. The van der Waals surface area contributed by atoms with Gasteiger partial charge in [0.25, 0.3) is 0 Å². The molecular weight excluding hydrogens is 344 g/mol. The average Bonchev–Trinajstić information content (AvgIpc) is 3.08. The maximum absolute atomic E-state index is 12.3. The number of rotatable bonds is 6. The first-order valence-corrected chi connectivity index (χ1v) is 9.11. The Bertz CT molecular complexity index is 868. The van der Waals surface area contributed by atoms with E-state index in [1.54, 1.807) is 7.05 Å². The number of hydrogen-bond donors (Lipinski definition) is 1. The fourth-order valence-electron chi connectivity index (χ4n) is 2.36. The van der Waals surface area contributed by atoms with Crippen molar-refractivity contribution in [1.29, 1.82) is 0 Å². The average molecular weight is 362 g/mol. The number of nitrogens with one attached hydrogen (secondary N) is 1. The van der Waals surface area contributed by atoms with Gasteiger partial charge in [-0.25, -0.2) is 13.1 Å². The van der Waals surface area contributed by atoms with E-state index in [1.807, 2.05) is 30.3 Å². The Morgan fingerprint density at radius 3 is 2.60 bits per heavy atom. The maximum atomic E-state index is 12.3. The molecule has 8 heteroatoms. The minimum absolute atomic E-state index is 0.0234. The van der Waals surface area contributed by atoms with Gasteiger partial charge in [-0.05, 0) is 17.7 Å². The number of sulfonamides is 1. The highest BCUT2D eigenvalue weighted by Crippen LogP contribution is 2.33. The van der Waals surface area contributed by atoms with Gasteiger partial charge in [-0.15, -0.1) is 0 Å². The van der Waals surface area contributed by atoms with Crippen LogP contribution in [0.2, 0.25) is 0 Å². The monoisotopic (exact) mass is 362 g/mol. The lowest BCUT2D eigenvalue weighted by molar-refractivity contribution is -0.129. The molecule has 0 aromatic heterocycles. The van der Waals surface area contributed by atoms with Crippen molar-refractivity contribution < 1.29 is 22.7 Å². The molecule has 1 amide bonds. The van der Waals surface area contributed by atoms with E-state index >= 15 is 0 Å². The number of carbonyl (C=O) groups excluding carboxylic acids is 1. The lowest BCUT2D eigenvalue weighted by Crippen LogP contribution is -2.37. The Kier molecular flexibility index (Phi) is 4.91. The third-order valence-corrected chi connectivity index (χ3v) is 5.15. The van der Waals surface area contributed by atoms with E-state index in [0.29, 0.717) is 18.0 Å². The molecule has 2 aromatic carbocycles. The first-order chi connectivity index (χ1) is 12.0. The Balaban J connectivity index is 1.61. The second kappa shape index (κ2) is 7.12. The third kappa shape index (κ3) is 4.09. The molecule has 0 saturated heterocycles. The van der Waals surface area contributed by atoms with Crippen molar-refractivity contribution in [2.45, 2.75) is 11.4 Å². The summed E-state index contributed by atoms with van der Waals surface area (Å²) in [5, 5.41) is 0. The van der Waals surface area contributed by atoms with E-state index in [9.17, 15) is 13.2 Å². The van der Waals surface area contributed by atoms with Crippen molar-refractivity contribution in [2.75, 3.05) is 20.4 Å². The zero-order chi connectivity index (χ0) is 17.9. The molecule has 2 aromatic rings. The van der Waals surface area contributed by atoms with Crippen LogP contribution in [0.15, 0.2) is 53.4 Å². The Hall–Kier alpha value is -2.58. The number of amides is 1. The van der Waals surface area contributed by atoms with Gasteiger partial charge in [0.05, 0.1) is 11.4 Å².